The smallest absolute Gasteiger partial charge is 0.130 e. The third kappa shape index (κ3) is 1.66. The van der Waals surface area contributed by atoms with Crippen molar-refractivity contribution in [1.82, 2.24) is 14.8 Å². The van der Waals surface area contributed by atoms with Crippen LogP contribution in [-0.4, -0.2) is 14.8 Å². The second-order valence-corrected chi connectivity index (χ2v) is 4.18. The van der Waals surface area contributed by atoms with Crippen LogP contribution in [0.1, 0.15) is 17.7 Å². The van der Waals surface area contributed by atoms with Gasteiger partial charge in [0, 0.05) is 18.9 Å². The molecule has 4 nitrogen and oxygen atoms in total. The summed E-state index contributed by atoms with van der Waals surface area (Å²) in [4.78, 5) is 4.61. The molecule has 82 valence electrons. The number of aromatic nitrogens is 3. The fourth-order valence-corrected chi connectivity index (χ4v) is 2.12. The molecule has 4 heteroatoms. The van der Waals surface area contributed by atoms with Crippen LogP contribution in [0.15, 0.2) is 24.5 Å². The average Bonchev–Trinajstić information content (AvgIpc) is 2.87. The van der Waals surface area contributed by atoms with E-state index in [-0.39, 0.29) is 0 Å². The number of hydrogen-bond donors (Lipinski definition) is 1. The van der Waals surface area contributed by atoms with Crippen LogP contribution in [0.25, 0.3) is 0 Å². The van der Waals surface area contributed by atoms with Crippen LogP contribution < -0.4 is 5.32 Å². The molecule has 2 aromatic rings. The van der Waals surface area contributed by atoms with Crippen molar-refractivity contribution in [2.75, 3.05) is 5.32 Å². The van der Waals surface area contributed by atoms with Gasteiger partial charge in [-0.05, 0) is 30.9 Å². The van der Waals surface area contributed by atoms with Crippen LogP contribution in [0.2, 0.25) is 0 Å². The minimum absolute atomic E-state index is 0.911. The van der Waals surface area contributed by atoms with E-state index in [1.807, 2.05) is 19.3 Å². The first-order valence-electron chi connectivity index (χ1n) is 5.56. The lowest BCUT2D eigenvalue weighted by molar-refractivity contribution is 0.768. The van der Waals surface area contributed by atoms with Crippen LogP contribution in [-0.2, 0) is 19.9 Å². The van der Waals surface area contributed by atoms with Gasteiger partial charge in [0.25, 0.3) is 0 Å². The summed E-state index contributed by atoms with van der Waals surface area (Å²) in [5.74, 6) is 0.911. The van der Waals surface area contributed by atoms with Crippen molar-refractivity contribution in [3.8, 4) is 0 Å². The summed E-state index contributed by atoms with van der Waals surface area (Å²) in [6.45, 7) is 0. The van der Waals surface area contributed by atoms with E-state index < -0.39 is 0 Å². The fourth-order valence-electron chi connectivity index (χ4n) is 2.12. The summed E-state index contributed by atoms with van der Waals surface area (Å²) in [5, 5.41) is 7.37. The largest absolute Gasteiger partial charge is 0.338 e. The predicted molar refractivity (Wildman–Crippen MR) is 62.8 cm³/mol. The third-order valence-electron chi connectivity index (χ3n) is 2.91. The number of aryl methyl sites for hydroxylation is 3. The Hall–Kier alpha value is -1.84. The molecule has 2 aromatic heterocycles. The molecule has 0 atom stereocenters. The Morgan fingerprint density at radius 1 is 1.31 bits per heavy atom. The molecule has 0 bridgehead atoms. The van der Waals surface area contributed by atoms with E-state index in [9.17, 15) is 0 Å². The molecule has 0 aliphatic heterocycles. The van der Waals surface area contributed by atoms with E-state index in [4.69, 9.17) is 0 Å². The van der Waals surface area contributed by atoms with Crippen molar-refractivity contribution in [2.24, 2.45) is 7.05 Å². The molecule has 0 unspecified atom stereocenters. The van der Waals surface area contributed by atoms with Crippen LogP contribution in [0.3, 0.4) is 0 Å². The minimum Gasteiger partial charge on any atom is -0.338 e. The first-order chi connectivity index (χ1) is 7.81. The summed E-state index contributed by atoms with van der Waals surface area (Å²) in [6, 6.07) is 4.21. The van der Waals surface area contributed by atoms with Gasteiger partial charge in [0.15, 0.2) is 0 Å². The van der Waals surface area contributed by atoms with Gasteiger partial charge < -0.3 is 5.32 Å². The van der Waals surface area contributed by atoms with E-state index in [0.29, 0.717) is 0 Å². The Balaban J connectivity index is 1.85. The van der Waals surface area contributed by atoms with Gasteiger partial charge in [-0.2, -0.15) is 5.10 Å². The molecule has 0 radical (unpaired) electrons. The van der Waals surface area contributed by atoms with Crippen molar-refractivity contribution in [1.29, 1.82) is 0 Å². The lowest BCUT2D eigenvalue weighted by atomic mass is 10.2. The van der Waals surface area contributed by atoms with E-state index in [1.165, 1.54) is 24.1 Å². The molecule has 0 spiro atoms. The quantitative estimate of drug-likeness (QED) is 0.832. The summed E-state index contributed by atoms with van der Waals surface area (Å²) < 4.78 is 1.77. The van der Waals surface area contributed by atoms with E-state index in [2.05, 4.69) is 21.5 Å². The monoisotopic (exact) mass is 214 g/mol. The van der Waals surface area contributed by atoms with Crippen molar-refractivity contribution < 1.29 is 0 Å². The highest BCUT2D eigenvalue weighted by molar-refractivity contribution is 5.54. The second kappa shape index (κ2) is 3.63. The molecule has 1 N–H and O–H groups in total. The van der Waals surface area contributed by atoms with Gasteiger partial charge in [0.1, 0.15) is 5.82 Å². The standard InChI is InChI=1S/C12H14N4/c1-16-8-10(7-13-16)14-12-6-5-9-3-2-4-11(9)15-12/h5-8H,2-4H2,1H3,(H,14,15). The second-order valence-electron chi connectivity index (χ2n) is 4.18. The van der Waals surface area contributed by atoms with Crippen molar-refractivity contribution in [3.63, 3.8) is 0 Å². The Morgan fingerprint density at radius 2 is 2.25 bits per heavy atom. The zero-order valence-electron chi connectivity index (χ0n) is 9.27. The Labute approximate surface area is 94.3 Å². The molecule has 0 amide bonds. The number of rotatable bonds is 2. The molecular weight excluding hydrogens is 200 g/mol. The molecule has 2 heterocycles. The molecule has 0 saturated heterocycles. The minimum atomic E-state index is 0.911. The topological polar surface area (TPSA) is 42.7 Å². The molecule has 1 aliphatic rings. The fraction of sp³-hybridized carbons (Fsp3) is 0.333. The van der Waals surface area contributed by atoms with Crippen LogP contribution in [0, 0.1) is 0 Å². The van der Waals surface area contributed by atoms with Gasteiger partial charge in [0.2, 0.25) is 0 Å². The molecule has 1 aliphatic carbocycles. The summed E-state index contributed by atoms with van der Waals surface area (Å²) >= 11 is 0. The van der Waals surface area contributed by atoms with Gasteiger partial charge in [-0.1, -0.05) is 6.07 Å². The number of nitrogens with zero attached hydrogens (tertiary/aromatic N) is 3. The van der Waals surface area contributed by atoms with Crippen molar-refractivity contribution >= 4 is 11.5 Å². The molecule has 16 heavy (non-hydrogen) atoms. The third-order valence-corrected chi connectivity index (χ3v) is 2.91. The summed E-state index contributed by atoms with van der Waals surface area (Å²) in [7, 11) is 1.90. The highest BCUT2D eigenvalue weighted by atomic mass is 15.3. The van der Waals surface area contributed by atoms with E-state index in [1.54, 1.807) is 10.9 Å². The maximum absolute atomic E-state index is 4.61. The van der Waals surface area contributed by atoms with Crippen molar-refractivity contribution in [2.45, 2.75) is 19.3 Å². The Morgan fingerprint density at radius 3 is 3.06 bits per heavy atom. The SMILES string of the molecule is Cn1cc(Nc2ccc3c(n2)CCC3)cn1. The highest BCUT2D eigenvalue weighted by Gasteiger charge is 2.12. The van der Waals surface area contributed by atoms with Crippen LogP contribution >= 0.6 is 0 Å². The van der Waals surface area contributed by atoms with Crippen LogP contribution in [0.4, 0.5) is 11.5 Å². The number of fused-ring (bicyclic) bond motifs is 1. The maximum atomic E-state index is 4.61. The van der Waals surface area contributed by atoms with Crippen molar-refractivity contribution in [3.05, 3.63) is 35.8 Å². The summed E-state index contributed by atoms with van der Waals surface area (Å²) in [5.41, 5.74) is 3.62. The Kier molecular flexibility index (Phi) is 2.13. The Bertz CT molecular complexity index is 515. The summed E-state index contributed by atoms with van der Waals surface area (Å²) in [6.07, 6.45) is 7.26. The average molecular weight is 214 g/mol. The molecule has 0 saturated carbocycles. The maximum Gasteiger partial charge on any atom is 0.130 e. The van der Waals surface area contributed by atoms with Gasteiger partial charge in [-0.3, -0.25) is 4.68 Å². The number of pyridine rings is 1. The van der Waals surface area contributed by atoms with E-state index >= 15 is 0 Å². The van der Waals surface area contributed by atoms with Gasteiger partial charge in [-0.25, -0.2) is 4.98 Å². The lowest BCUT2D eigenvalue weighted by Gasteiger charge is -2.04. The number of nitrogens with one attached hydrogen (secondary N) is 1. The molecule has 3 rings (SSSR count). The van der Waals surface area contributed by atoms with Crippen LogP contribution in [0.5, 0.6) is 0 Å². The van der Waals surface area contributed by atoms with Gasteiger partial charge in [-0.15, -0.1) is 0 Å². The number of hydrogen-bond acceptors (Lipinski definition) is 3. The normalized spacial score (nSPS) is 13.8. The van der Waals surface area contributed by atoms with Gasteiger partial charge in [0.05, 0.1) is 11.9 Å². The zero-order valence-corrected chi connectivity index (χ0v) is 9.27. The molecular formula is C12H14N4. The van der Waals surface area contributed by atoms with Gasteiger partial charge >= 0.3 is 0 Å². The molecule has 0 aromatic carbocycles. The number of anilines is 2. The predicted octanol–water partition coefficient (Wildman–Crippen LogP) is 2.05. The van der Waals surface area contributed by atoms with E-state index in [0.717, 1.165) is 17.9 Å². The lowest BCUT2D eigenvalue weighted by Crippen LogP contribution is -1.96. The molecule has 0 fully saturated rings. The first-order valence-corrected chi connectivity index (χ1v) is 5.56. The first kappa shape index (κ1) is 9.39. The highest BCUT2D eigenvalue weighted by Crippen LogP contribution is 2.23. The zero-order chi connectivity index (χ0) is 11.0.